The number of carbonyl (C=O) groups is 1. The zero-order valence-corrected chi connectivity index (χ0v) is 15.2. The van der Waals surface area contributed by atoms with E-state index >= 15 is 0 Å². The molecule has 0 spiro atoms. The van der Waals surface area contributed by atoms with E-state index in [1.807, 2.05) is 59.4 Å². The zero-order valence-electron chi connectivity index (χ0n) is 12.0. The molecule has 3 aromatic rings. The number of rotatable bonds is 4. The second-order valence-electron chi connectivity index (χ2n) is 4.98. The molecule has 0 aliphatic rings. The molecule has 6 heteroatoms. The predicted octanol–water partition coefficient (Wildman–Crippen LogP) is 4.71. The minimum absolute atomic E-state index is 0.140. The molecule has 1 heterocycles. The van der Waals surface area contributed by atoms with Crippen LogP contribution in [-0.4, -0.2) is 15.7 Å². The lowest BCUT2D eigenvalue weighted by atomic mass is 10.1. The molecule has 23 heavy (non-hydrogen) atoms. The molecule has 1 amide bonds. The molecule has 0 unspecified atom stereocenters. The number of aromatic nitrogens is 2. The predicted molar refractivity (Wildman–Crippen MR) is 97.6 cm³/mol. The van der Waals surface area contributed by atoms with E-state index in [1.165, 1.54) is 0 Å². The van der Waals surface area contributed by atoms with Gasteiger partial charge in [0.05, 0.1) is 12.2 Å². The SMILES string of the molecule is O=C(Nc1ccc(Br)cc1Br)c1ccc(Cn2cccn2)cc1. The summed E-state index contributed by atoms with van der Waals surface area (Å²) in [5.41, 5.74) is 2.44. The number of hydrogen-bond acceptors (Lipinski definition) is 2. The molecule has 0 aliphatic carbocycles. The topological polar surface area (TPSA) is 46.9 Å². The van der Waals surface area contributed by atoms with Crippen LogP contribution in [0.4, 0.5) is 5.69 Å². The lowest BCUT2D eigenvalue weighted by molar-refractivity contribution is 0.102. The molecule has 0 radical (unpaired) electrons. The van der Waals surface area contributed by atoms with E-state index in [-0.39, 0.29) is 5.91 Å². The molecule has 1 N–H and O–H groups in total. The summed E-state index contributed by atoms with van der Waals surface area (Å²) in [5.74, 6) is -0.140. The fraction of sp³-hybridized carbons (Fsp3) is 0.0588. The van der Waals surface area contributed by atoms with Crippen LogP contribution < -0.4 is 5.32 Å². The normalized spacial score (nSPS) is 10.5. The molecular formula is C17H13Br2N3O. The highest BCUT2D eigenvalue weighted by Gasteiger charge is 2.08. The van der Waals surface area contributed by atoms with Crippen LogP contribution in [0.25, 0.3) is 0 Å². The van der Waals surface area contributed by atoms with Crippen molar-refractivity contribution in [3.05, 3.63) is 81.0 Å². The van der Waals surface area contributed by atoms with E-state index in [2.05, 4.69) is 42.3 Å². The number of hydrogen-bond donors (Lipinski definition) is 1. The summed E-state index contributed by atoms with van der Waals surface area (Å²) in [7, 11) is 0. The Morgan fingerprint density at radius 1 is 1.13 bits per heavy atom. The minimum Gasteiger partial charge on any atom is -0.321 e. The minimum atomic E-state index is -0.140. The zero-order chi connectivity index (χ0) is 16.2. The Balaban J connectivity index is 1.70. The van der Waals surface area contributed by atoms with Gasteiger partial charge in [0.15, 0.2) is 0 Å². The smallest absolute Gasteiger partial charge is 0.255 e. The fourth-order valence-corrected chi connectivity index (χ4v) is 3.27. The molecule has 1 aromatic heterocycles. The maximum atomic E-state index is 12.3. The highest BCUT2D eigenvalue weighted by Crippen LogP contribution is 2.26. The van der Waals surface area contributed by atoms with Crippen molar-refractivity contribution in [3.8, 4) is 0 Å². The number of nitrogens with zero attached hydrogens (tertiary/aromatic N) is 2. The number of anilines is 1. The van der Waals surface area contributed by atoms with Crippen molar-refractivity contribution < 1.29 is 4.79 Å². The number of amides is 1. The van der Waals surface area contributed by atoms with E-state index in [4.69, 9.17) is 0 Å². The molecule has 3 rings (SSSR count). The second-order valence-corrected chi connectivity index (χ2v) is 6.75. The molecule has 116 valence electrons. The van der Waals surface area contributed by atoms with Crippen LogP contribution in [0.2, 0.25) is 0 Å². The summed E-state index contributed by atoms with van der Waals surface area (Å²) in [6.07, 6.45) is 3.66. The third kappa shape index (κ3) is 4.09. The monoisotopic (exact) mass is 433 g/mol. The first kappa shape index (κ1) is 16.0. The van der Waals surface area contributed by atoms with Gasteiger partial charge in [-0.25, -0.2) is 0 Å². The van der Waals surface area contributed by atoms with Crippen molar-refractivity contribution in [2.24, 2.45) is 0 Å². The Labute approximate surface area is 150 Å². The van der Waals surface area contributed by atoms with Crippen molar-refractivity contribution in [2.75, 3.05) is 5.32 Å². The van der Waals surface area contributed by atoms with Crippen LogP contribution in [-0.2, 0) is 6.54 Å². The van der Waals surface area contributed by atoms with Crippen LogP contribution >= 0.6 is 31.9 Å². The molecular weight excluding hydrogens is 422 g/mol. The standard InChI is InChI=1S/C17H13Br2N3O/c18-14-6-7-16(15(19)10-14)21-17(23)13-4-2-12(3-5-13)11-22-9-1-8-20-22/h1-10H,11H2,(H,21,23). The summed E-state index contributed by atoms with van der Waals surface area (Å²) in [6.45, 7) is 0.688. The molecule has 0 saturated carbocycles. The fourth-order valence-electron chi connectivity index (χ4n) is 2.13. The molecule has 0 fully saturated rings. The Hall–Kier alpha value is -1.92. The van der Waals surface area contributed by atoms with Gasteiger partial charge in [-0.15, -0.1) is 0 Å². The number of halogens is 2. The highest BCUT2D eigenvalue weighted by atomic mass is 79.9. The Bertz CT molecular complexity index is 814. The lowest BCUT2D eigenvalue weighted by Gasteiger charge is -2.08. The van der Waals surface area contributed by atoms with Crippen LogP contribution in [0, 0.1) is 0 Å². The highest BCUT2D eigenvalue weighted by molar-refractivity contribution is 9.11. The van der Waals surface area contributed by atoms with E-state index < -0.39 is 0 Å². The van der Waals surface area contributed by atoms with Gasteiger partial charge in [0.2, 0.25) is 0 Å². The molecule has 0 saturated heterocycles. The number of carbonyl (C=O) groups excluding carboxylic acids is 1. The average molecular weight is 435 g/mol. The third-order valence-corrected chi connectivity index (χ3v) is 4.45. The van der Waals surface area contributed by atoms with Crippen molar-refractivity contribution >= 4 is 43.5 Å². The van der Waals surface area contributed by atoms with Crippen molar-refractivity contribution in [1.82, 2.24) is 9.78 Å². The molecule has 0 atom stereocenters. The number of nitrogens with one attached hydrogen (secondary N) is 1. The van der Waals surface area contributed by atoms with Gasteiger partial charge in [0, 0.05) is 26.9 Å². The van der Waals surface area contributed by atoms with Gasteiger partial charge in [-0.2, -0.15) is 5.10 Å². The van der Waals surface area contributed by atoms with Crippen molar-refractivity contribution in [1.29, 1.82) is 0 Å². The van der Waals surface area contributed by atoms with Gasteiger partial charge in [-0.3, -0.25) is 9.48 Å². The first-order chi connectivity index (χ1) is 11.1. The van der Waals surface area contributed by atoms with E-state index in [9.17, 15) is 4.79 Å². The van der Waals surface area contributed by atoms with Gasteiger partial charge in [0.1, 0.15) is 0 Å². The van der Waals surface area contributed by atoms with Crippen molar-refractivity contribution in [3.63, 3.8) is 0 Å². The van der Waals surface area contributed by atoms with Gasteiger partial charge in [0.25, 0.3) is 5.91 Å². The Morgan fingerprint density at radius 2 is 1.91 bits per heavy atom. The summed E-state index contributed by atoms with van der Waals surface area (Å²) in [5, 5.41) is 7.06. The van der Waals surface area contributed by atoms with Gasteiger partial charge in [-0.05, 0) is 57.9 Å². The van der Waals surface area contributed by atoms with Crippen LogP contribution in [0.15, 0.2) is 69.9 Å². The van der Waals surface area contributed by atoms with E-state index in [0.29, 0.717) is 12.1 Å². The van der Waals surface area contributed by atoms with Gasteiger partial charge in [-0.1, -0.05) is 28.1 Å². The molecule has 0 bridgehead atoms. The first-order valence-corrected chi connectivity index (χ1v) is 8.53. The second kappa shape index (κ2) is 7.10. The molecule has 0 aliphatic heterocycles. The largest absolute Gasteiger partial charge is 0.321 e. The Morgan fingerprint density at radius 3 is 2.57 bits per heavy atom. The first-order valence-electron chi connectivity index (χ1n) is 6.94. The number of benzene rings is 2. The van der Waals surface area contributed by atoms with Gasteiger partial charge < -0.3 is 5.32 Å². The summed E-state index contributed by atoms with van der Waals surface area (Å²) in [4.78, 5) is 12.3. The van der Waals surface area contributed by atoms with E-state index in [0.717, 1.165) is 20.2 Å². The maximum Gasteiger partial charge on any atom is 0.255 e. The van der Waals surface area contributed by atoms with Crippen LogP contribution in [0.1, 0.15) is 15.9 Å². The summed E-state index contributed by atoms with van der Waals surface area (Å²) >= 11 is 6.83. The van der Waals surface area contributed by atoms with Crippen molar-refractivity contribution in [2.45, 2.75) is 6.54 Å². The Kier molecular flexibility index (Phi) is 4.93. The summed E-state index contributed by atoms with van der Waals surface area (Å²) in [6, 6.07) is 15.0. The molecule has 4 nitrogen and oxygen atoms in total. The average Bonchev–Trinajstić information content (AvgIpc) is 3.04. The van der Waals surface area contributed by atoms with Crippen LogP contribution in [0.3, 0.4) is 0 Å². The summed E-state index contributed by atoms with van der Waals surface area (Å²) < 4.78 is 3.62. The van der Waals surface area contributed by atoms with E-state index in [1.54, 1.807) is 6.20 Å². The third-order valence-electron chi connectivity index (χ3n) is 3.30. The lowest BCUT2D eigenvalue weighted by Crippen LogP contribution is -2.12. The maximum absolute atomic E-state index is 12.3. The van der Waals surface area contributed by atoms with Crippen LogP contribution in [0.5, 0.6) is 0 Å². The molecule has 2 aromatic carbocycles. The quantitative estimate of drug-likeness (QED) is 0.646. The van der Waals surface area contributed by atoms with Gasteiger partial charge >= 0.3 is 0 Å².